The summed E-state index contributed by atoms with van der Waals surface area (Å²) in [6.45, 7) is 2.19. The highest BCUT2D eigenvalue weighted by atomic mass is 127. The number of thiol groups is 1. The van der Waals surface area contributed by atoms with Crippen molar-refractivity contribution >= 4 is 52.6 Å². The molecule has 0 aliphatic heterocycles. The average Bonchev–Trinajstić information content (AvgIpc) is 1.89. The standard InChI is InChI=1S/C4H10INS3/c5-8-3-1-6-2-4-9-7/h6-7H,1-4H2. The molecular weight excluding hydrogens is 285 g/mol. The third-order valence-electron chi connectivity index (χ3n) is 0.726. The van der Waals surface area contributed by atoms with E-state index >= 15 is 0 Å². The van der Waals surface area contributed by atoms with E-state index in [0.717, 1.165) is 18.8 Å². The van der Waals surface area contributed by atoms with Gasteiger partial charge in [0.2, 0.25) is 0 Å². The summed E-state index contributed by atoms with van der Waals surface area (Å²) in [7, 11) is 3.42. The van der Waals surface area contributed by atoms with Gasteiger partial charge in [0.25, 0.3) is 0 Å². The average molecular weight is 295 g/mol. The molecule has 0 aliphatic rings. The third kappa shape index (κ3) is 9.74. The molecule has 1 nitrogen and oxygen atoms in total. The highest BCUT2D eigenvalue weighted by Crippen LogP contribution is 2.08. The fourth-order valence-corrected chi connectivity index (χ4v) is 1.75. The largest absolute Gasteiger partial charge is 0.315 e. The first-order valence-electron chi connectivity index (χ1n) is 2.62. The molecule has 0 heterocycles. The van der Waals surface area contributed by atoms with Crippen molar-refractivity contribution < 1.29 is 0 Å². The molecule has 56 valence electrons. The van der Waals surface area contributed by atoms with Crippen molar-refractivity contribution in [2.75, 3.05) is 24.6 Å². The molecule has 0 fully saturated rings. The normalized spacial score (nSPS) is 10.0. The van der Waals surface area contributed by atoms with Crippen molar-refractivity contribution in [1.82, 2.24) is 5.32 Å². The molecule has 0 aliphatic carbocycles. The lowest BCUT2D eigenvalue weighted by Gasteiger charge is -1.98. The van der Waals surface area contributed by atoms with Crippen LogP contribution in [-0.2, 0) is 0 Å². The van der Waals surface area contributed by atoms with E-state index in [9.17, 15) is 0 Å². The zero-order chi connectivity index (χ0) is 6.95. The SMILES string of the molecule is SSCCNCCSI. The molecule has 0 amide bonds. The predicted molar refractivity (Wildman–Crippen MR) is 60.8 cm³/mol. The van der Waals surface area contributed by atoms with Crippen LogP contribution in [0.25, 0.3) is 0 Å². The maximum absolute atomic E-state index is 4.02. The van der Waals surface area contributed by atoms with Crippen LogP contribution in [0, 0.1) is 0 Å². The second-order valence-corrected chi connectivity index (χ2v) is 5.33. The van der Waals surface area contributed by atoms with E-state index in [2.05, 4.69) is 38.2 Å². The zero-order valence-corrected chi connectivity index (χ0v) is 9.66. The van der Waals surface area contributed by atoms with Crippen molar-refractivity contribution in [2.24, 2.45) is 0 Å². The Hall–Kier alpha value is 1.74. The summed E-state index contributed by atoms with van der Waals surface area (Å²) in [6.07, 6.45) is 0. The van der Waals surface area contributed by atoms with Crippen molar-refractivity contribution in [3.8, 4) is 0 Å². The molecule has 0 bridgehead atoms. The minimum absolute atomic E-state index is 1.07. The Morgan fingerprint density at radius 3 is 2.56 bits per heavy atom. The first-order valence-corrected chi connectivity index (χ1v) is 8.19. The molecule has 5 heteroatoms. The Morgan fingerprint density at radius 2 is 2.00 bits per heavy atom. The minimum atomic E-state index is 1.07. The first kappa shape index (κ1) is 10.7. The Morgan fingerprint density at radius 1 is 1.33 bits per heavy atom. The molecule has 0 saturated carbocycles. The van der Waals surface area contributed by atoms with Crippen LogP contribution in [0.3, 0.4) is 0 Å². The quantitative estimate of drug-likeness (QED) is 0.338. The van der Waals surface area contributed by atoms with Gasteiger partial charge in [-0.15, -0.1) is 11.7 Å². The number of nitrogens with one attached hydrogen (secondary N) is 1. The maximum Gasteiger partial charge on any atom is 0.0160 e. The molecule has 0 unspecified atom stereocenters. The van der Waals surface area contributed by atoms with E-state index in [1.54, 1.807) is 10.8 Å². The van der Waals surface area contributed by atoms with Gasteiger partial charge in [-0.05, 0) is 21.2 Å². The van der Waals surface area contributed by atoms with Crippen molar-refractivity contribution in [2.45, 2.75) is 0 Å². The summed E-state index contributed by atoms with van der Waals surface area (Å²) >= 11 is 6.32. The van der Waals surface area contributed by atoms with Crippen LogP contribution in [0.5, 0.6) is 0 Å². The van der Waals surface area contributed by atoms with Gasteiger partial charge < -0.3 is 5.32 Å². The van der Waals surface area contributed by atoms with Crippen molar-refractivity contribution in [3.05, 3.63) is 0 Å². The second-order valence-electron chi connectivity index (χ2n) is 1.40. The second kappa shape index (κ2) is 9.74. The van der Waals surface area contributed by atoms with Gasteiger partial charge in [0.05, 0.1) is 0 Å². The van der Waals surface area contributed by atoms with Gasteiger partial charge in [-0.2, -0.15) is 0 Å². The Kier molecular flexibility index (Phi) is 11.6. The molecule has 0 saturated heterocycles. The van der Waals surface area contributed by atoms with Gasteiger partial charge in [0, 0.05) is 24.6 Å². The first-order chi connectivity index (χ1) is 4.41. The lowest BCUT2D eigenvalue weighted by atomic mass is 10.7. The van der Waals surface area contributed by atoms with Crippen LogP contribution in [0.15, 0.2) is 0 Å². The van der Waals surface area contributed by atoms with E-state index in [1.807, 2.05) is 8.93 Å². The number of halogens is 1. The fourth-order valence-electron chi connectivity index (χ4n) is 0.354. The Balaban J connectivity index is 2.60. The van der Waals surface area contributed by atoms with E-state index in [0.29, 0.717) is 0 Å². The lowest BCUT2D eigenvalue weighted by molar-refractivity contribution is 0.776. The summed E-state index contributed by atoms with van der Waals surface area (Å²) < 4.78 is 0. The number of rotatable bonds is 6. The minimum Gasteiger partial charge on any atom is -0.315 e. The Labute approximate surface area is 81.9 Å². The molecule has 0 aromatic rings. The summed E-state index contributed by atoms with van der Waals surface area (Å²) in [6, 6.07) is 0. The van der Waals surface area contributed by atoms with Gasteiger partial charge >= 0.3 is 0 Å². The molecule has 0 aromatic heterocycles. The topological polar surface area (TPSA) is 12.0 Å². The van der Waals surface area contributed by atoms with Crippen molar-refractivity contribution in [3.63, 3.8) is 0 Å². The molecule has 1 N–H and O–H groups in total. The van der Waals surface area contributed by atoms with Gasteiger partial charge in [0.1, 0.15) is 0 Å². The van der Waals surface area contributed by atoms with Crippen LogP contribution >= 0.6 is 52.6 Å². The monoisotopic (exact) mass is 295 g/mol. The van der Waals surface area contributed by atoms with Gasteiger partial charge in [-0.3, -0.25) is 0 Å². The molecule has 0 atom stereocenters. The lowest BCUT2D eigenvalue weighted by Crippen LogP contribution is -2.19. The molecule has 0 spiro atoms. The van der Waals surface area contributed by atoms with Gasteiger partial charge in [-0.25, -0.2) is 0 Å². The van der Waals surface area contributed by atoms with E-state index in [-0.39, 0.29) is 0 Å². The van der Waals surface area contributed by atoms with E-state index in [4.69, 9.17) is 0 Å². The van der Waals surface area contributed by atoms with Crippen LogP contribution in [0.4, 0.5) is 0 Å². The van der Waals surface area contributed by atoms with E-state index in [1.165, 1.54) is 5.75 Å². The predicted octanol–water partition coefficient (Wildman–Crippen LogP) is 2.24. The van der Waals surface area contributed by atoms with Gasteiger partial charge in [0.15, 0.2) is 0 Å². The fraction of sp³-hybridized carbons (Fsp3) is 1.00. The summed E-state index contributed by atoms with van der Waals surface area (Å²) in [5.41, 5.74) is 0. The number of hydrogen-bond donors (Lipinski definition) is 2. The van der Waals surface area contributed by atoms with Crippen LogP contribution in [0.2, 0.25) is 0 Å². The van der Waals surface area contributed by atoms with Crippen molar-refractivity contribution in [1.29, 1.82) is 0 Å². The highest BCUT2D eigenvalue weighted by molar-refractivity contribution is 14.2. The Bertz CT molecular complexity index is 49.1. The maximum atomic E-state index is 4.02. The summed E-state index contributed by atoms with van der Waals surface area (Å²) in [5, 5.41) is 3.29. The molecule has 0 radical (unpaired) electrons. The molecule has 0 rings (SSSR count). The van der Waals surface area contributed by atoms with Crippen LogP contribution in [-0.4, -0.2) is 24.6 Å². The zero-order valence-electron chi connectivity index (χ0n) is 4.97. The summed E-state index contributed by atoms with van der Waals surface area (Å²) in [4.78, 5) is 0. The molecule has 0 aromatic carbocycles. The highest BCUT2D eigenvalue weighted by Gasteiger charge is 1.84. The smallest absolute Gasteiger partial charge is 0.0160 e. The molecule has 9 heavy (non-hydrogen) atoms. The molecular formula is C4H10INS3. The van der Waals surface area contributed by atoms with Gasteiger partial charge in [-0.1, -0.05) is 19.7 Å². The van der Waals surface area contributed by atoms with E-state index < -0.39 is 0 Å². The number of hydrogen-bond acceptors (Lipinski definition) is 4. The van der Waals surface area contributed by atoms with Crippen LogP contribution < -0.4 is 5.32 Å². The third-order valence-corrected chi connectivity index (χ3v) is 3.34. The summed E-state index contributed by atoms with van der Waals surface area (Å²) in [5.74, 6) is 2.28. The van der Waals surface area contributed by atoms with Crippen LogP contribution in [0.1, 0.15) is 0 Å².